The molecule has 3 rings (SSSR count). The normalized spacial score (nSPS) is 29.6. The molecular weight excluding hydrogens is 260 g/mol. The van der Waals surface area contributed by atoms with E-state index in [4.69, 9.17) is 4.74 Å². The zero-order valence-corrected chi connectivity index (χ0v) is 13.4. The first-order valence-corrected chi connectivity index (χ1v) is 8.36. The molecule has 0 amide bonds. The van der Waals surface area contributed by atoms with Crippen LogP contribution in [0.2, 0.25) is 0 Å². The first-order valence-electron chi connectivity index (χ1n) is 8.36. The fourth-order valence-corrected chi connectivity index (χ4v) is 3.80. The van der Waals surface area contributed by atoms with Crippen molar-refractivity contribution in [3.8, 4) is 0 Å². The first kappa shape index (κ1) is 15.0. The van der Waals surface area contributed by atoms with Crippen LogP contribution in [0.1, 0.15) is 32.3 Å². The van der Waals surface area contributed by atoms with Gasteiger partial charge in [-0.3, -0.25) is 9.80 Å². The van der Waals surface area contributed by atoms with Crippen LogP contribution in [0.15, 0.2) is 30.3 Å². The minimum Gasteiger partial charge on any atom is -0.373 e. The molecule has 2 aliphatic rings. The standard InChI is InChI=1S/C18H28N2O/c1-15-12-20(13-16(2)21-15)18-8-10-19(11-9-18)14-17-6-4-3-5-7-17/h3-7,15-16,18H,8-14H2,1-2H3/t15-,16-/m0/s1. The van der Waals surface area contributed by atoms with Crippen molar-refractivity contribution in [1.82, 2.24) is 9.80 Å². The lowest BCUT2D eigenvalue weighted by Crippen LogP contribution is -2.53. The molecule has 0 spiro atoms. The second kappa shape index (κ2) is 6.91. The molecule has 0 N–H and O–H groups in total. The van der Waals surface area contributed by atoms with Crippen molar-refractivity contribution in [3.63, 3.8) is 0 Å². The number of ether oxygens (including phenoxy) is 1. The lowest BCUT2D eigenvalue weighted by Gasteiger charge is -2.43. The zero-order valence-electron chi connectivity index (χ0n) is 13.4. The molecule has 2 fully saturated rings. The Balaban J connectivity index is 1.48. The number of benzene rings is 1. The van der Waals surface area contributed by atoms with Gasteiger partial charge in [-0.05, 0) is 45.3 Å². The van der Waals surface area contributed by atoms with Gasteiger partial charge in [0, 0.05) is 25.7 Å². The molecule has 0 aliphatic carbocycles. The molecule has 21 heavy (non-hydrogen) atoms. The van der Waals surface area contributed by atoms with Crippen molar-refractivity contribution in [2.75, 3.05) is 26.2 Å². The lowest BCUT2D eigenvalue weighted by atomic mass is 10.0. The summed E-state index contributed by atoms with van der Waals surface area (Å²) in [5, 5.41) is 0. The van der Waals surface area contributed by atoms with Crippen molar-refractivity contribution in [3.05, 3.63) is 35.9 Å². The highest BCUT2D eigenvalue weighted by Crippen LogP contribution is 2.22. The summed E-state index contributed by atoms with van der Waals surface area (Å²) in [5.41, 5.74) is 1.43. The van der Waals surface area contributed by atoms with Gasteiger partial charge in [-0.2, -0.15) is 0 Å². The van der Waals surface area contributed by atoms with Crippen LogP contribution in [0.4, 0.5) is 0 Å². The summed E-state index contributed by atoms with van der Waals surface area (Å²) in [7, 11) is 0. The van der Waals surface area contributed by atoms with E-state index < -0.39 is 0 Å². The van der Waals surface area contributed by atoms with Gasteiger partial charge in [0.1, 0.15) is 0 Å². The summed E-state index contributed by atoms with van der Waals surface area (Å²) < 4.78 is 5.86. The molecule has 1 aromatic rings. The maximum absolute atomic E-state index is 5.86. The minimum absolute atomic E-state index is 0.385. The summed E-state index contributed by atoms with van der Waals surface area (Å²) in [5.74, 6) is 0. The second-order valence-corrected chi connectivity index (χ2v) is 6.70. The highest BCUT2D eigenvalue weighted by atomic mass is 16.5. The number of rotatable bonds is 3. The van der Waals surface area contributed by atoms with Crippen molar-refractivity contribution in [2.45, 2.75) is 51.5 Å². The van der Waals surface area contributed by atoms with Gasteiger partial charge in [0.25, 0.3) is 0 Å². The van der Waals surface area contributed by atoms with Gasteiger partial charge >= 0.3 is 0 Å². The number of likely N-dealkylation sites (tertiary alicyclic amines) is 1. The van der Waals surface area contributed by atoms with E-state index in [1.54, 1.807) is 0 Å². The van der Waals surface area contributed by atoms with Gasteiger partial charge < -0.3 is 4.74 Å². The van der Waals surface area contributed by atoms with Crippen molar-refractivity contribution >= 4 is 0 Å². The molecule has 2 atom stereocenters. The third kappa shape index (κ3) is 4.06. The Morgan fingerprint density at radius 1 is 1.00 bits per heavy atom. The third-order valence-electron chi connectivity index (χ3n) is 4.77. The van der Waals surface area contributed by atoms with Gasteiger partial charge in [0.15, 0.2) is 0 Å². The quantitative estimate of drug-likeness (QED) is 0.850. The minimum atomic E-state index is 0.385. The Bertz CT molecular complexity index is 418. The maximum atomic E-state index is 5.86. The van der Waals surface area contributed by atoms with Crippen LogP contribution in [0.3, 0.4) is 0 Å². The van der Waals surface area contributed by atoms with E-state index in [2.05, 4.69) is 54.0 Å². The first-order chi connectivity index (χ1) is 10.2. The van der Waals surface area contributed by atoms with E-state index in [0.29, 0.717) is 12.2 Å². The summed E-state index contributed by atoms with van der Waals surface area (Å²) in [6, 6.07) is 11.6. The van der Waals surface area contributed by atoms with Crippen LogP contribution < -0.4 is 0 Å². The molecule has 3 heteroatoms. The van der Waals surface area contributed by atoms with Crippen LogP contribution in [-0.4, -0.2) is 54.2 Å². The predicted octanol–water partition coefficient (Wildman–Crippen LogP) is 2.76. The predicted molar refractivity (Wildman–Crippen MR) is 86.3 cm³/mol. The van der Waals surface area contributed by atoms with Crippen molar-refractivity contribution in [2.24, 2.45) is 0 Å². The van der Waals surface area contributed by atoms with Gasteiger partial charge in [-0.15, -0.1) is 0 Å². The van der Waals surface area contributed by atoms with Crippen LogP contribution in [0, 0.1) is 0 Å². The topological polar surface area (TPSA) is 15.7 Å². The Hall–Kier alpha value is -0.900. The highest BCUT2D eigenvalue weighted by molar-refractivity contribution is 5.14. The molecule has 2 aliphatic heterocycles. The molecule has 0 radical (unpaired) electrons. The highest BCUT2D eigenvalue weighted by Gasteiger charge is 2.30. The Labute approximate surface area is 128 Å². The molecule has 0 unspecified atom stereocenters. The van der Waals surface area contributed by atoms with Gasteiger partial charge in [0.05, 0.1) is 12.2 Å². The fraction of sp³-hybridized carbons (Fsp3) is 0.667. The largest absolute Gasteiger partial charge is 0.373 e. The number of morpholine rings is 1. The van der Waals surface area contributed by atoms with Crippen molar-refractivity contribution < 1.29 is 4.74 Å². The lowest BCUT2D eigenvalue weighted by molar-refractivity contribution is -0.0865. The van der Waals surface area contributed by atoms with E-state index in [9.17, 15) is 0 Å². The van der Waals surface area contributed by atoms with E-state index in [-0.39, 0.29) is 0 Å². The molecule has 2 heterocycles. The number of piperidine rings is 1. The smallest absolute Gasteiger partial charge is 0.0678 e. The monoisotopic (exact) mass is 288 g/mol. The van der Waals surface area contributed by atoms with E-state index >= 15 is 0 Å². The van der Waals surface area contributed by atoms with Crippen LogP contribution in [0.25, 0.3) is 0 Å². The van der Waals surface area contributed by atoms with Crippen LogP contribution >= 0.6 is 0 Å². The Morgan fingerprint density at radius 2 is 1.62 bits per heavy atom. The zero-order chi connectivity index (χ0) is 14.7. The maximum Gasteiger partial charge on any atom is 0.0678 e. The molecule has 1 aromatic carbocycles. The average molecular weight is 288 g/mol. The van der Waals surface area contributed by atoms with Gasteiger partial charge in [0.2, 0.25) is 0 Å². The third-order valence-corrected chi connectivity index (χ3v) is 4.77. The van der Waals surface area contributed by atoms with E-state index in [0.717, 1.165) is 25.7 Å². The van der Waals surface area contributed by atoms with E-state index in [1.807, 2.05) is 0 Å². The Kier molecular flexibility index (Phi) is 4.94. The summed E-state index contributed by atoms with van der Waals surface area (Å²) in [4.78, 5) is 5.26. The van der Waals surface area contributed by atoms with E-state index in [1.165, 1.54) is 31.5 Å². The van der Waals surface area contributed by atoms with Gasteiger partial charge in [-0.1, -0.05) is 30.3 Å². The van der Waals surface area contributed by atoms with Crippen molar-refractivity contribution in [1.29, 1.82) is 0 Å². The SMILES string of the molecule is C[C@H]1CN(C2CCN(Cc3ccccc3)CC2)C[C@H](C)O1. The van der Waals surface area contributed by atoms with Gasteiger partial charge in [-0.25, -0.2) is 0 Å². The number of hydrogen-bond acceptors (Lipinski definition) is 3. The summed E-state index contributed by atoms with van der Waals surface area (Å²) in [6.45, 7) is 10.2. The number of nitrogens with zero attached hydrogens (tertiary/aromatic N) is 2. The van der Waals surface area contributed by atoms with Crippen LogP contribution in [0.5, 0.6) is 0 Å². The molecule has 116 valence electrons. The summed E-state index contributed by atoms with van der Waals surface area (Å²) >= 11 is 0. The molecule has 0 saturated carbocycles. The molecule has 2 saturated heterocycles. The number of hydrogen-bond donors (Lipinski definition) is 0. The molecule has 0 bridgehead atoms. The average Bonchev–Trinajstić information content (AvgIpc) is 2.48. The molecule has 0 aromatic heterocycles. The second-order valence-electron chi connectivity index (χ2n) is 6.70. The molecule has 3 nitrogen and oxygen atoms in total. The Morgan fingerprint density at radius 3 is 2.24 bits per heavy atom. The molecular formula is C18H28N2O. The summed E-state index contributed by atoms with van der Waals surface area (Å²) in [6.07, 6.45) is 3.37. The van der Waals surface area contributed by atoms with Crippen LogP contribution in [-0.2, 0) is 11.3 Å². The fourth-order valence-electron chi connectivity index (χ4n) is 3.80.